The van der Waals surface area contributed by atoms with Crippen LogP contribution in [0.15, 0.2) is 57.6 Å². The molecule has 4 aromatic rings. The summed E-state index contributed by atoms with van der Waals surface area (Å²) in [6.07, 6.45) is -1.45. The van der Waals surface area contributed by atoms with Crippen molar-refractivity contribution in [3.05, 3.63) is 79.6 Å². The van der Waals surface area contributed by atoms with E-state index in [1.807, 2.05) is 6.07 Å². The molecule has 2 aromatic heterocycles. The third-order valence-electron chi connectivity index (χ3n) is 5.94. The fourth-order valence-corrected chi connectivity index (χ4v) is 5.10. The molecule has 13 heteroatoms. The zero-order valence-electron chi connectivity index (χ0n) is 19.2. The molecule has 0 bridgehead atoms. The molecule has 2 amide bonds. The number of nitrogens with one attached hydrogen (secondary N) is 2. The Morgan fingerprint density at radius 1 is 1.11 bits per heavy atom. The molecule has 1 fully saturated rings. The highest BCUT2D eigenvalue weighted by atomic mass is 79.9. The second-order valence-electron chi connectivity index (χ2n) is 8.72. The third kappa shape index (κ3) is 5.43. The lowest BCUT2D eigenvalue weighted by Crippen LogP contribution is -2.27. The number of benzene rings is 2. The van der Waals surface area contributed by atoms with Crippen molar-refractivity contribution < 1.29 is 22.8 Å². The third-order valence-corrected chi connectivity index (χ3v) is 7.55. The van der Waals surface area contributed by atoms with E-state index in [0.717, 1.165) is 22.0 Å². The maximum absolute atomic E-state index is 13.6. The van der Waals surface area contributed by atoms with Gasteiger partial charge in [0.05, 0.1) is 16.3 Å². The summed E-state index contributed by atoms with van der Waals surface area (Å²) in [5.74, 6) is -1.11. The number of anilines is 1. The molecule has 0 aliphatic heterocycles. The molecular weight excluding hydrogens is 655 g/mol. The van der Waals surface area contributed by atoms with Gasteiger partial charge in [0.1, 0.15) is 5.69 Å². The summed E-state index contributed by atoms with van der Waals surface area (Å²) in [6, 6.07) is 10.5. The molecular formula is C25H17Br2ClF3N5O2. The van der Waals surface area contributed by atoms with Gasteiger partial charge >= 0.3 is 6.18 Å². The van der Waals surface area contributed by atoms with Gasteiger partial charge in [-0.2, -0.15) is 18.3 Å². The minimum absolute atomic E-state index is 0.00372. The normalized spacial score (nSPS) is 13.5. The van der Waals surface area contributed by atoms with Crippen molar-refractivity contribution in [1.82, 2.24) is 20.1 Å². The molecule has 1 aliphatic rings. The number of hydrogen-bond donors (Lipinski definition) is 2. The quantitative estimate of drug-likeness (QED) is 0.231. The summed E-state index contributed by atoms with van der Waals surface area (Å²) < 4.78 is 42.6. The van der Waals surface area contributed by atoms with Gasteiger partial charge in [0.25, 0.3) is 11.8 Å². The van der Waals surface area contributed by atoms with Crippen LogP contribution >= 0.6 is 43.5 Å². The first-order valence-corrected chi connectivity index (χ1v) is 13.3. The molecule has 2 heterocycles. The minimum Gasteiger partial charge on any atom is -0.352 e. The fraction of sp³-hybridized carbons (Fsp3) is 0.200. The Morgan fingerprint density at radius 3 is 2.55 bits per heavy atom. The highest BCUT2D eigenvalue weighted by molar-refractivity contribution is 9.11. The molecule has 2 N–H and O–H groups in total. The molecule has 0 spiro atoms. The lowest BCUT2D eigenvalue weighted by molar-refractivity contribution is -0.141. The summed E-state index contributed by atoms with van der Waals surface area (Å²) >= 11 is 13.1. The first kappa shape index (κ1) is 26.6. The smallest absolute Gasteiger partial charge is 0.352 e. The Hall–Kier alpha value is -2.96. The summed E-state index contributed by atoms with van der Waals surface area (Å²) in [6.45, 7) is 0.486. The van der Waals surface area contributed by atoms with Crippen LogP contribution in [0.4, 0.5) is 18.9 Å². The molecule has 0 radical (unpaired) electrons. The number of halogens is 6. The second kappa shape index (κ2) is 10.3. The van der Waals surface area contributed by atoms with Crippen LogP contribution in [0.2, 0.25) is 5.02 Å². The molecule has 196 valence electrons. The van der Waals surface area contributed by atoms with Crippen LogP contribution in [-0.2, 0) is 6.18 Å². The second-order valence-corrected chi connectivity index (χ2v) is 10.8. The molecule has 1 saturated carbocycles. The number of fused-ring (bicyclic) bond motifs is 1. The van der Waals surface area contributed by atoms with E-state index in [9.17, 15) is 22.8 Å². The van der Waals surface area contributed by atoms with Crippen LogP contribution in [0.3, 0.4) is 0 Å². The van der Waals surface area contributed by atoms with Gasteiger partial charge in [0.15, 0.2) is 11.5 Å². The van der Waals surface area contributed by atoms with Crippen LogP contribution in [0.25, 0.3) is 16.6 Å². The molecule has 2 aromatic carbocycles. The molecule has 5 rings (SSSR count). The van der Waals surface area contributed by atoms with Crippen molar-refractivity contribution in [3.63, 3.8) is 0 Å². The summed E-state index contributed by atoms with van der Waals surface area (Å²) in [5.41, 5.74) is -1.51. The van der Waals surface area contributed by atoms with Crippen molar-refractivity contribution in [3.8, 4) is 5.82 Å². The van der Waals surface area contributed by atoms with Crippen molar-refractivity contribution in [2.45, 2.75) is 19.0 Å². The van der Waals surface area contributed by atoms with Crippen LogP contribution in [-0.4, -0.2) is 33.1 Å². The standard InChI is InChI=1S/C25H17Br2ClF3N5O2/c26-14-5-6-15-13(8-14)9-16(23(37)33-11-12-3-4-12)21(20(15)27)34-24(38)18-10-19(25(29,30)31)35-36(18)22-17(28)2-1-7-32-22/h1-2,5-10,12H,3-4,11H2,(H,33,37)(H,34,38). The Labute approximate surface area is 236 Å². The first-order valence-electron chi connectivity index (χ1n) is 11.3. The van der Waals surface area contributed by atoms with Crippen LogP contribution < -0.4 is 10.6 Å². The van der Waals surface area contributed by atoms with E-state index in [4.69, 9.17) is 11.6 Å². The van der Waals surface area contributed by atoms with E-state index in [0.29, 0.717) is 33.8 Å². The minimum atomic E-state index is -4.83. The largest absolute Gasteiger partial charge is 0.435 e. The van der Waals surface area contributed by atoms with Crippen molar-refractivity contribution in [2.75, 3.05) is 11.9 Å². The maximum atomic E-state index is 13.6. The van der Waals surface area contributed by atoms with E-state index in [1.54, 1.807) is 18.2 Å². The lowest BCUT2D eigenvalue weighted by Gasteiger charge is -2.16. The van der Waals surface area contributed by atoms with E-state index >= 15 is 0 Å². The first-order chi connectivity index (χ1) is 18.0. The Kier molecular flexibility index (Phi) is 7.23. The summed E-state index contributed by atoms with van der Waals surface area (Å²) in [7, 11) is 0. The molecule has 38 heavy (non-hydrogen) atoms. The van der Waals surface area contributed by atoms with Gasteiger partial charge in [-0.25, -0.2) is 9.67 Å². The van der Waals surface area contributed by atoms with Gasteiger partial charge in [-0.1, -0.05) is 33.6 Å². The monoisotopic (exact) mass is 669 g/mol. The fourth-order valence-electron chi connectivity index (χ4n) is 3.84. The Morgan fingerprint density at radius 2 is 1.87 bits per heavy atom. The average Bonchev–Trinajstić information content (AvgIpc) is 3.58. The highest BCUT2D eigenvalue weighted by Gasteiger charge is 2.37. The number of alkyl halides is 3. The number of nitrogens with zero attached hydrogens (tertiary/aromatic N) is 3. The van der Waals surface area contributed by atoms with Gasteiger partial charge < -0.3 is 10.6 Å². The molecule has 1 aliphatic carbocycles. The van der Waals surface area contributed by atoms with Crippen molar-refractivity contribution >= 4 is 71.7 Å². The number of hydrogen-bond acceptors (Lipinski definition) is 4. The number of pyridine rings is 1. The van der Waals surface area contributed by atoms with E-state index in [1.165, 1.54) is 18.3 Å². The van der Waals surface area contributed by atoms with Crippen LogP contribution in [0.1, 0.15) is 39.4 Å². The van der Waals surface area contributed by atoms with Gasteiger partial charge in [-0.15, -0.1) is 0 Å². The zero-order chi connectivity index (χ0) is 27.2. The topological polar surface area (TPSA) is 88.9 Å². The molecule has 0 atom stereocenters. The number of carbonyl (C=O) groups excluding carboxylic acids is 2. The van der Waals surface area contributed by atoms with Gasteiger partial charge in [0.2, 0.25) is 0 Å². The number of rotatable bonds is 6. The molecule has 7 nitrogen and oxygen atoms in total. The van der Waals surface area contributed by atoms with Gasteiger partial charge in [-0.05, 0) is 75.8 Å². The van der Waals surface area contributed by atoms with E-state index in [-0.39, 0.29) is 22.1 Å². The summed E-state index contributed by atoms with van der Waals surface area (Å²) in [4.78, 5) is 30.7. The number of aromatic nitrogens is 3. The molecule has 0 unspecified atom stereocenters. The Bertz CT molecular complexity index is 1590. The van der Waals surface area contributed by atoms with Gasteiger partial charge in [-0.3, -0.25) is 9.59 Å². The molecule has 0 saturated heterocycles. The lowest BCUT2D eigenvalue weighted by atomic mass is 10.0. The summed E-state index contributed by atoms with van der Waals surface area (Å²) in [5, 5.41) is 10.4. The average molecular weight is 672 g/mol. The van der Waals surface area contributed by atoms with E-state index < -0.39 is 29.4 Å². The predicted molar refractivity (Wildman–Crippen MR) is 144 cm³/mol. The number of carbonyl (C=O) groups is 2. The maximum Gasteiger partial charge on any atom is 0.435 e. The van der Waals surface area contributed by atoms with Crippen LogP contribution in [0, 0.1) is 5.92 Å². The van der Waals surface area contributed by atoms with Gasteiger partial charge in [0, 0.05) is 27.8 Å². The van der Waals surface area contributed by atoms with Crippen LogP contribution in [0.5, 0.6) is 0 Å². The van der Waals surface area contributed by atoms with Crippen molar-refractivity contribution in [1.29, 1.82) is 0 Å². The highest BCUT2D eigenvalue weighted by Crippen LogP contribution is 2.37. The SMILES string of the molecule is O=C(NCC1CC1)c1cc2cc(Br)ccc2c(Br)c1NC(=O)c1cc(C(F)(F)F)nn1-c1ncccc1Cl. The zero-order valence-corrected chi connectivity index (χ0v) is 23.2. The Balaban J connectivity index is 1.60. The van der Waals surface area contributed by atoms with E-state index in [2.05, 4.69) is 52.6 Å². The predicted octanol–water partition coefficient (Wildman–Crippen LogP) is 7.01. The van der Waals surface area contributed by atoms with Crippen molar-refractivity contribution in [2.24, 2.45) is 5.92 Å². The number of amides is 2.